The number of ether oxygens (including phenoxy) is 1. The molecule has 80 valence electrons. The van der Waals surface area contributed by atoms with Crippen molar-refractivity contribution >= 4 is 5.82 Å². The average Bonchev–Trinajstić information content (AvgIpc) is 2.29. The highest BCUT2D eigenvalue weighted by Gasteiger charge is 2.07. The lowest BCUT2D eigenvalue weighted by Gasteiger charge is -2.15. The van der Waals surface area contributed by atoms with E-state index in [9.17, 15) is 0 Å². The first kappa shape index (κ1) is 11.4. The van der Waals surface area contributed by atoms with Gasteiger partial charge in [0, 0.05) is 7.11 Å². The number of nitrogens with zero attached hydrogens (tertiary/aromatic N) is 3. The molecule has 0 radical (unpaired) electrons. The second kappa shape index (κ2) is 5.90. The minimum absolute atomic E-state index is 0.0600. The number of aromatic nitrogens is 2. The number of hydrogen-bond donors (Lipinski definition) is 2. The first-order valence-electron chi connectivity index (χ1n) is 4.38. The van der Waals surface area contributed by atoms with Gasteiger partial charge in [-0.2, -0.15) is 5.26 Å². The zero-order valence-electron chi connectivity index (χ0n) is 8.34. The van der Waals surface area contributed by atoms with Crippen molar-refractivity contribution in [3.63, 3.8) is 0 Å². The van der Waals surface area contributed by atoms with Crippen molar-refractivity contribution < 1.29 is 9.84 Å². The van der Waals surface area contributed by atoms with Crippen LogP contribution in [0.4, 0.5) is 5.82 Å². The Hall–Kier alpha value is -1.71. The molecule has 0 aromatic carbocycles. The van der Waals surface area contributed by atoms with Gasteiger partial charge in [0.15, 0.2) is 5.69 Å². The number of rotatable bonds is 5. The van der Waals surface area contributed by atoms with Crippen LogP contribution in [0.2, 0.25) is 0 Å². The Morgan fingerprint density at radius 2 is 2.40 bits per heavy atom. The van der Waals surface area contributed by atoms with Gasteiger partial charge >= 0.3 is 0 Å². The lowest BCUT2D eigenvalue weighted by atomic mass is 10.3. The summed E-state index contributed by atoms with van der Waals surface area (Å²) in [5, 5.41) is 20.4. The summed E-state index contributed by atoms with van der Waals surface area (Å²) in [4.78, 5) is 7.79. The molecular weight excluding hydrogens is 196 g/mol. The zero-order chi connectivity index (χ0) is 11.1. The van der Waals surface area contributed by atoms with Crippen molar-refractivity contribution in [1.29, 1.82) is 5.26 Å². The third kappa shape index (κ3) is 3.50. The van der Waals surface area contributed by atoms with E-state index >= 15 is 0 Å². The van der Waals surface area contributed by atoms with Crippen molar-refractivity contribution in [3.05, 3.63) is 18.1 Å². The maximum Gasteiger partial charge on any atom is 0.158 e. The van der Waals surface area contributed by atoms with Gasteiger partial charge in [-0.25, -0.2) is 9.97 Å². The van der Waals surface area contributed by atoms with Crippen molar-refractivity contribution in [3.8, 4) is 6.07 Å². The van der Waals surface area contributed by atoms with Crippen LogP contribution in [-0.4, -0.2) is 41.4 Å². The Labute approximate surface area is 87.5 Å². The Kier molecular flexibility index (Phi) is 4.47. The summed E-state index contributed by atoms with van der Waals surface area (Å²) in [6, 6.07) is 1.65. The van der Waals surface area contributed by atoms with E-state index in [1.807, 2.05) is 6.07 Å². The minimum atomic E-state index is -0.225. The molecule has 1 aromatic heterocycles. The maximum atomic E-state index is 8.98. The molecule has 0 aliphatic rings. The van der Waals surface area contributed by atoms with Crippen molar-refractivity contribution in [2.24, 2.45) is 0 Å². The molecule has 0 aliphatic carbocycles. The summed E-state index contributed by atoms with van der Waals surface area (Å²) < 4.78 is 4.89. The predicted octanol–water partition coefficient (Wildman–Crippen LogP) is -0.233. The van der Waals surface area contributed by atoms with E-state index in [1.54, 1.807) is 7.11 Å². The highest BCUT2D eigenvalue weighted by atomic mass is 16.5. The first-order chi connectivity index (χ1) is 7.30. The molecule has 1 unspecified atom stereocenters. The quantitative estimate of drug-likeness (QED) is 0.694. The first-order valence-corrected chi connectivity index (χ1v) is 4.38. The topological polar surface area (TPSA) is 91.1 Å². The number of nitrogens with one attached hydrogen (secondary N) is 1. The molecule has 0 bridgehead atoms. The highest BCUT2D eigenvalue weighted by molar-refractivity contribution is 5.34. The molecule has 0 amide bonds. The largest absolute Gasteiger partial charge is 0.394 e. The second-order valence-electron chi connectivity index (χ2n) is 2.88. The van der Waals surface area contributed by atoms with Crippen molar-refractivity contribution in [2.45, 2.75) is 6.04 Å². The smallest absolute Gasteiger partial charge is 0.158 e. The Morgan fingerprint density at radius 1 is 1.60 bits per heavy atom. The Morgan fingerprint density at radius 3 is 2.87 bits per heavy atom. The predicted molar refractivity (Wildman–Crippen MR) is 53.1 cm³/mol. The van der Waals surface area contributed by atoms with Crippen LogP contribution in [0.1, 0.15) is 5.69 Å². The van der Waals surface area contributed by atoms with E-state index in [-0.39, 0.29) is 18.3 Å². The van der Waals surface area contributed by atoms with Gasteiger partial charge in [-0.05, 0) is 0 Å². The molecule has 1 aromatic rings. The van der Waals surface area contributed by atoms with Crippen LogP contribution in [0.5, 0.6) is 0 Å². The van der Waals surface area contributed by atoms with Crippen LogP contribution in [0.3, 0.4) is 0 Å². The molecule has 1 rings (SSSR count). The Balaban J connectivity index is 2.59. The van der Waals surface area contributed by atoms with Gasteiger partial charge in [0.2, 0.25) is 0 Å². The van der Waals surface area contributed by atoms with E-state index in [0.29, 0.717) is 12.4 Å². The number of anilines is 1. The van der Waals surface area contributed by atoms with Gasteiger partial charge in [0.1, 0.15) is 11.9 Å². The van der Waals surface area contributed by atoms with Gasteiger partial charge in [-0.1, -0.05) is 0 Å². The van der Waals surface area contributed by atoms with Gasteiger partial charge in [0.25, 0.3) is 0 Å². The van der Waals surface area contributed by atoms with E-state index in [2.05, 4.69) is 15.3 Å². The Bertz CT molecular complexity index is 333. The van der Waals surface area contributed by atoms with Crippen LogP contribution in [-0.2, 0) is 4.74 Å². The molecule has 6 nitrogen and oxygen atoms in total. The lowest BCUT2D eigenvalue weighted by Crippen LogP contribution is -2.29. The molecule has 0 aliphatic heterocycles. The van der Waals surface area contributed by atoms with Crippen LogP contribution in [0, 0.1) is 11.3 Å². The van der Waals surface area contributed by atoms with Crippen molar-refractivity contribution in [1.82, 2.24) is 9.97 Å². The van der Waals surface area contributed by atoms with Crippen molar-refractivity contribution in [2.75, 3.05) is 25.6 Å². The third-order valence-electron chi connectivity index (χ3n) is 1.71. The number of methoxy groups -OCH3 is 1. The highest BCUT2D eigenvalue weighted by Crippen LogP contribution is 2.02. The van der Waals surface area contributed by atoms with Gasteiger partial charge in [0.05, 0.1) is 31.6 Å². The standard InChI is InChI=1S/C9H12N4O2/c1-15-6-8(5-14)13-9-4-11-7(2-10)3-12-9/h3-4,8,14H,5-6H2,1H3,(H,12,13). The summed E-state index contributed by atoms with van der Waals surface area (Å²) in [6.07, 6.45) is 2.81. The fourth-order valence-corrected chi connectivity index (χ4v) is 1.01. The molecule has 0 fully saturated rings. The van der Waals surface area contributed by atoms with E-state index < -0.39 is 0 Å². The molecule has 0 saturated carbocycles. The second-order valence-corrected chi connectivity index (χ2v) is 2.88. The molecule has 1 heterocycles. The fraction of sp³-hybridized carbons (Fsp3) is 0.444. The maximum absolute atomic E-state index is 8.98. The fourth-order valence-electron chi connectivity index (χ4n) is 1.01. The monoisotopic (exact) mass is 208 g/mol. The molecule has 0 spiro atoms. The SMILES string of the molecule is COCC(CO)Nc1cnc(C#N)cn1. The number of hydrogen-bond acceptors (Lipinski definition) is 6. The summed E-state index contributed by atoms with van der Waals surface area (Å²) >= 11 is 0. The molecule has 6 heteroatoms. The summed E-state index contributed by atoms with van der Waals surface area (Å²) in [7, 11) is 1.55. The van der Waals surface area contributed by atoms with Gasteiger partial charge in [-0.15, -0.1) is 0 Å². The van der Waals surface area contributed by atoms with Crippen LogP contribution in [0.15, 0.2) is 12.4 Å². The van der Waals surface area contributed by atoms with E-state index in [1.165, 1.54) is 12.4 Å². The number of nitriles is 1. The molecule has 1 atom stereocenters. The summed E-state index contributed by atoms with van der Waals surface area (Å²) in [5.74, 6) is 0.505. The van der Waals surface area contributed by atoms with E-state index in [4.69, 9.17) is 15.1 Å². The number of aliphatic hydroxyl groups excluding tert-OH is 1. The zero-order valence-corrected chi connectivity index (χ0v) is 8.34. The molecule has 2 N–H and O–H groups in total. The van der Waals surface area contributed by atoms with Crippen LogP contribution in [0.25, 0.3) is 0 Å². The minimum Gasteiger partial charge on any atom is -0.394 e. The summed E-state index contributed by atoms with van der Waals surface area (Å²) in [6.45, 7) is 0.313. The van der Waals surface area contributed by atoms with Crippen LogP contribution < -0.4 is 5.32 Å². The third-order valence-corrected chi connectivity index (χ3v) is 1.71. The van der Waals surface area contributed by atoms with Gasteiger partial charge in [-0.3, -0.25) is 0 Å². The lowest BCUT2D eigenvalue weighted by molar-refractivity contribution is 0.153. The normalized spacial score (nSPS) is 11.8. The number of aliphatic hydroxyl groups is 1. The molecule has 15 heavy (non-hydrogen) atoms. The molecule has 0 saturated heterocycles. The average molecular weight is 208 g/mol. The summed E-state index contributed by atoms with van der Waals surface area (Å²) in [5.41, 5.74) is 0.257. The van der Waals surface area contributed by atoms with Crippen LogP contribution >= 0.6 is 0 Å². The molecular formula is C9H12N4O2. The van der Waals surface area contributed by atoms with Gasteiger partial charge < -0.3 is 15.2 Å². The van der Waals surface area contributed by atoms with E-state index in [0.717, 1.165) is 0 Å².